The van der Waals surface area contributed by atoms with Crippen LogP contribution >= 0.6 is 9.24 Å². The number of hydrogen-bond acceptors (Lipinski definition) is 3. The van der Waals surface area contributed by atoms with Gasteiger partial charge in [0.15, 0.2) is 0 Å². The molecule has 0 aromatic rings. The van der Waals surface area contributed by atoms with Gasteiger partial charge in [0, 0.05) is 0 Å². The highest BCUT2D eigenvalue weighted by Crippen LogP contribution is 2.09. The number of esters is 1. The number of nitrogens with two attached hydrogens (primary N) is 1. The second-order valence-electron chi connectivity index (χ2n) is 3.47. The van der Waals surface area contributed by atoms with Crippen LogP contribution in [0.3, 0.4) is 0 Å². The average molecular weight is 231 g/mol. The summed E-state index contributed by atoms with van der Waals surface area (Å²) in [6, 6.07) is -0.612. The molecule has 0 amide bonds. The van der Waals surface area contributed by atoms with Crippen molar-refractivity contribution in [2.75, 3.05) is 12.8 Å². The van der Waals surface area contributed by atoms with Gasteiger partial charge in [0.05, 0.1) is 6.61 Å². The molecule has 0 rings (SSSR count). The average Bonchev–Trinajstić information content (AvgIpc) is 2.24. The number of hydrogen-bond donors (Lipinski definition) is 1. The first kappa shape index (κ1) is 14.6. The van der Waals surface area contributed by atoms with E-state index in [1.807, 2.05) is 13.0 Å². The van der Waals surface area contributed by atoms with Crippen LogP contribution in [-0.4, -0.2) is 24.8 Å². The predicted molar refractivity (Wildman–Crippen MR) is 66.8 cm³/mol. The van der Waals surface area contributed by atoms with Crippen molar-refractivity contribution < 1.29 is 9.53 Å². The van der Waals surface area contributed by atoms with Crippen molar-refractivity contribution in [3.8, 4) is 0 Å². The molecule has 0 heterocycles. The summed E-state index contributed by atoms with van der Waals surface area (Å²) in [6.07, 6.45) is 5.56. The normalized spacial score (nSPS) is 13.7. The SMILES string of the molecule is CCCOC(=O)C(N)C=C(CP)CCC. The maximum absolute atomic E-state index is 11.4. The predicted octanol–water partition coefficient (Wildman–Crippen LogP) is 1.87. The fourth-order valence-corrected chi connectivity index (χ4v) is 1.54. The smallest absolute Gasteiger partial charge is 0.326 e. The van der Waals surface area contributed by atoms with Crippen molar-refractivity contribution >= 4 is 15.2 Å². The van der Waals surface area contributed by atoms with E-state index in [0.717, 1.165) is 25.4 Å². The molecule has 0 aliphatic heterocycles. The van der Waals surface area contributed by atoms with Crippen LogP contribution in [0.4, 0.5) is 0 Å². The van der Waals surface area contributed by atoms with Gasteiger partial charge in [0.2, 0.25) is 0 Å². The molecule has 0 spiro atoms. The number of carbonyl (C=O) groups is 1. The monoisotopic (exact) mass is 231 g/mol. The molecule has 3 nitrogen and oxygen atoms in total. The molecule has 0 aliphatic rings. The molecule has 2 unspecified atom stereocenters. The van der Waals surface area contributed by atoms with Gasteiger partial charge in [0.25, 0.3) is 0 Å². The van der Waals surface area contributed by atoms with Gasteiger partial charge in [-0.05, 0) is 19.0 Å². The summed E-state index contributed by atoms with van der Waals surface area (Å²) in [6.45, 7) is 4.51. The molecule has 0 fully saturated rings. The van der Waals surface area contributed by atoms with E-state index in [1.54, 1.807) is 0 Å². The number of rotatable bonds is 7. The molecule has 0 saturated heterocycles. The van der Waals surface area contributed by atoms with Crippen LogP contribution in [0.25, 0.3) is 0 Å². The van der Waals surface area contributed by atoms with Crippen molar-refractivity contribution in [2.45, 2.75) is 39.2 Å². The number of allylic oxidation sites excluding steroid dienone is 1. The zero-order valence-electron chi connectivity index (χ0n) is 9.66. The summed E-state index contributed by atoms with van der Waals surface area (Å²) in [5, 5.41) is 0. The van der Waals surface area contributed by atoms with Gasteiger partial charge in [-0.25, -0.2) is 0 Å². The van der Waals surface area contributed by atoms with E-state index in [9.17, 15) is 4.79 Å². The maximum atomic E-state index is 11.4. The fraction of sp³-hybridized carbons (Fsp3) is 0.727. The molecular weight excluding hydrogens is 209 g/mol. The van der Waals surface area contributed by atoms with Gasteiger partial charge >= 0.3 is 5.97 Å². The Morgan fingerprint density at radius 1 is 1.47 bits per heavy atom. The van der Waals surface area contributed by atoms with E-state index in [2.05, 4.69) is 16.2 Å². The second-order valence-corrected chi connectivity index (χ2v) is 3.88. The van der Waals surface area contributed by atoms with Gasteiger partial charge in [-0.15, -0.1) is 9.24 Å². The molecule has 88 valence electrons. The largest absolute Gasteiger partial charge is 0.464 e. The molecule has 0 radical (unpaired) electrons. The van der Waals surface area contributed by atoms with E-state index in [4.69, 9.17) is 10.5 Å². The Hall–Kier alpha value is -0.400. The van der Waals surface area contributed by atoms with Crippen LogP contribution in [-0.2, 0) is 9.53 Å². The zero-order valence-corrected chi connectivity index (χ0v) is 10.8. The molecule has 2 N–H and O–H groups in total. The Kier molecular flexibility index (Phi) is 8.64. The lowest BCUT2D eigenvalue weighted by atomic mass is 10.1. The van der Waals surface area contributed by atoms with Crippen LogP contribution in [0.5, 0.6) is 0 Å². The van der Waals surface area contributed by atoms with E-state index in [1.165, 1.54) is 5.57 Å². The summed E-state index contributed by atoms with van der Waals surface area (Å²) in [5.41, 5.74) is 6.90. The quantitative estimate of drug-likeness (QED) is 0.413. The molecular formula is C11H22NO2P. The van der Waals surface area contributed by atoms with Crippen LogP contribution < -0.4 is 5.73 Å². The molecule has 15 heavy (non-hydrogen) atoms. The minimum atomic E-state index is -0.612. The van der Waals surface area contributed by atoms with Crippen LogP contribution in [0.15, 0.2) is 11.6 Å². The van der Waals surface area contributed by atoms with Crippen molar-refractivity contribution in [3.63, 3.8) is 0 Å². The van der Waals surface area contributed by atoms with E-state index in [0.29, 0.717) is 6.61 Å². The summed E-state index contributed by atoms with van der Waals surface area (Å²) in [4.78, 5) is 11.4. The summed E-state index contributed by atoms with van der Waals surface area (Å²) >= 11 is 0. The highest BCUT2D eigenvalue weighted by molar-refractivity contribution is 7.16. The number of carbonyl (C=O) groups excluding carboxylic acids is 1. The first-order valence-electron chi connectivity index (χ1n) is 5.47. The molecule has 0 aromatic heterocycles. The first-order chi connectivity index (χ1) is 7.15. The van der Waals surface area contributed by atoms with Crippen molar-refractivity contribution in [3.05, 3.63) is 11.6 Å². The minimum Gasteiger partial charge on any atom is -0.464 e. The molecule has 0 aromatic carbocycles. The summed E-state index contributed by atoms with van der Waals surface area (Å²) < 4.78 is 4.96. The van der Waals surface area contributed by atoms with E-state index >= 15 is 0 Å². The van der Waals surface area contributed by atoms with Gasteiger partial charge < -0.3 is 10.5 Å². The third kappa shape index (κ3) is 6.64. The van der Waals surface area contributed by atoms with Crippen LogP contribution in [0.2, 0.25) is 0 Å². The molecule has 0 aliphatic carbocycles. The standard InChI is InChI=1S/C11H22NO2P/c1-3-5-9(8-15)7-10(12)11(13)14-6-4-2/h7,10H,3-6,8,12,15H2,1-2H3. The van der Waals surface area contributed by atoms with Crippen molar-refractivity contribution in [1.82, 2.24) is 0 Å². The second kappa shape index (κ2) is 8.87. The highest BCUT2D eigenvalue weighted by Gasteiger charge is 2.12. The van der Waals surface area contributed by atoms with Gasteiger partial charge in [-0.2, -0.15) is 0 Å². The maximum Gasteiger partial charge on any atom is 0.326 e. The lowest BCUT2D eigenvalue weighted by molar-refractivity contribution is -0.144. The minimum absolute atomic E-state index is 0.330. The van der Waals surface area contributed by atoms with Crippen molar-refractivity contribution in [2.24, 2.45) is 5.73 Å². The van der Waals surface area contributed by atoms with Gasteiger partial charge in [-0.3, -0.25) is 4.79 Å². The van der Waals surface area contributed by atoms with Crippen molar-refractivity contribution in [1.29, 1.82) is 0 Å². The number of ether oxygens (including phenoxy) is 1. The van der Waals surface area contributed by atoms with Gasteiger partial charge in [0.1, 0.15) is 6.04 Å². The topological polar surface area (TPSA) is 52.3 Å². The lowest BCUT2D eigenvalue weighted by Gasteiger charge is -2.09. The molecule has 0 saturated carbocycles. The Labute approximate surface area is 94.6 Å². The third-order valence-corrected chi connectivity index (χ3v) is 2.49. The Morgan fingerprint density at radius 2 is 2.13 bits per heavy atom. The Balaban J connectivity index is 4.16. The van der Waals surface area contributed by atoms with Crippen LogP contribution in [0.1, 0.15) is 33.1 Å². The molecule has 4 heteroatoms. The Bertz CT molecular complexity index is 217. The van der Waals surface area contributed by atoms with Crippen LogP contribution in [0, 0.1) is 0 Å². The highest BCUT2D eigenvalue weighted by atomic mass is 31.0. The third-order valence-electron chi connectivity index (χ3n) is 1.97. The fourth-order valence-electron chi connectivity index (χ4n) is 1.20. The Morgan fingerprint density at radius 3 is 2.60 bits per heavy atom. The van der Waals surface area contributed by atoms with E-state index in [-0.39, 0.29) is 5.97 Å². The van der Waals surface area contributed by atoms with E-state index < -0.39 is 6.04 Å². The first-order valence-corrected chi connectivity index (χ1v) is 6.29. The molecule has 2 atom stereocenters. The van der Waals surface area contributed by atoms with Gasteiger partial charge in [-0.1, -0.05) is 31.9 Å². The molecule has 0 bridgehead atoms. The summed E-state index contributed by atoms with van der Waals surface area (Å²) in [5.74, 6) is -0.330. The lowest BCUT2D eigenvalue weighted by Crippen LogP contribution is -2.31. The zero-order chi connectivity index (χ0) is 11.7. The summed E-state index contributed by atoms with van der Waals surface area (Å²) in [7, 11) is 2.65.